The van der Waals surface area contributed by atoms with Crippen LogP contribution in [0.15, 0.2) is 60.8 Å². The maximum absolute atomic E-state index is 12.0. The normalized spacial score (nSPS) is 10.8. The molecule has 0 radical (unpaired) electrons. The van der Waals surface area contributed by atoms with Gasteiger partial charge in [-0.25, -0.2) is 0 Å². The highest BCUT2D eigenvalue weighted by Gasteiger charge is 2.06. The van der Waals surface area contributed by atoms with Gasteiger partial charge in [-0.1, -0.05) is 48.5 Å². The number of fused-ring (bicyclic) bond motifs is 1. The molecule has 0 aliphatic carbocycles. The summed E-state index contributed by atoms with van der Waals surface area (Å²) >= 11 is 1.85. The number of aromatic nitrogens is 1. The van der Waals surface area contributed by atoms with Crippen LogP contribution in [0.2, 0.25) is 0 Å². The highest BCUT2D eigenvalue weighted by molar-refractivity contribution is 7.98. The molecule has 0 atom stereocenters. The van der Waals surface area contributed by atoms with Crippen LogP contribution in [0.3, 0.4) is 0 Å². The van der Waals surface area contributed by atoms with E-state index in [2.05, 4.69) is 46.7 Å². The SMILES string of the molecule is O=C(CCc1c[nH]c2ccccc12)NCCSCc1ccccc1. The first-order valence-electron chi connectivity index (χ1n) is 8.26. The molecule has 0 saturated heterocycles. The fourth-order valence-corrected chi connectivity index (χ4v) is 3.52. The van der Waals surface area contributed by atoms with Gasteiger partial charge in [0.25, 0.3) is 0 Å². The van der Waals surface area contributed by atoms with E-state index < -0.39 is 0 Å². The molecule has 2 aromatic carbocycles. The van der Waals surface area contributed by atoms with E-state index in [1.165, 1.54) is 16.5 Å². The van der Waals surface area contributed by atoms with E-state index in [4.69, 9.17) is 0 Å². The summed E-state index contributed by atoms with van der Waals surface area (Å²) in [7, 11) is 0. The average molecular weight is 338 g/mol. The number of carbonyl (C=O) groups excluding carboxylic acids is 1. The number of hydrogen-bond acceptors (Lipinski definition) is 2. The number of benzene rings is 2. The number of thioether (sulfide) groups is 1. The third-order valence-corrected chi connectivity index (χ3v) is 5.01. The van der Waals surface area contributed by atoms with Crippen molar-refractivity contribution in [3.8, 4) is 0 Å². The second kappa shape index (κ2) is 8.60. The predicted octanol–water partition coefficient (Wildman–Crippen LogP) is 4.15. The Bertz CT molecular complexity index is 782. The number of amides is 1. The maximum Gasteiger partial charge on any atom is 0.220 e. The molecule has 3 nitrogen and oxygen atoms in total. The molecule has 0 unspecified atom stereocenters. The fraction of sp³-hybridized carbons (Fsp3) is 0.250. The lowest BCUT2D eigenvalue weighted by Crippen LogP contribution is -2.25. The number of rotatable bonds is 8. The standard InChI is InChI=1S/C20H22N2OS/c23-20(21-12-13-24-15-16-6-2-1-3-7-16)11-10-17-14-22-19-9-5-4-8-18(17)19/h1-9,14,22H,10-13,15H2,(H,21,23). The monoisotopic (exact) mass is 338 g/mol. The van der Waals surface area contributed by atoms with E-state index in [-0.39, 0.29) is 5.91 Å². The third-order valence-electron chi connectivity index (χ3n) is 3.98. The van der Waals surface area contributed by atoms with Crippen molar-refractivity contribution in [2.24, 2.45) is 0 Å². The van der Waals surface area contributed by atoms with E-state index >= 15 is 0 Å². The summed E-state index contributed by atoms with van der Waals surface area (Å²) in [5, 5.41) is 4.22. The van der Waals surface area contributed by atoms with Crippen LogP contribution in [-0.2, 0) is 17.0 Å². The van der Waals surface area contributed by atoms with Crippen molar-refractivity contribution in [1.82, 2.24) is 10.3 Å². The summed E-state index contributed by atoms with van der Waals surface area (Å²) in [6.07, 6.45) is 3.31. The van der Waals surface area contributed by atoms with Gasteiger partial charge in [0.15, 0.2) is 0 Å². The largest absolute Gasteiger partial charge is 0.361 e. The van der Waals surface area contributed by atoms with Gasteiger partial charge in [0.2, 0.25) is 5.91 Å². The van der Waals surface area contributed by atoms with Crippen LogP contribution in [0.25, 0.3) is 10.9 Å². The lowest BCUT2D eigenvalue weighted by atomic mass is 10.1. The van der Waals surface area contributed by atoms with Crippen LogP contribution in [0.1, 0.15) is 17.5 Å². The van der Waals surface area contributed by atoms with Crippen LogP contribution in [-0.4, -0.2) is 23.2 Å². The molecule has 1 amide bonds. The maximum atomic E-state index is 12.0. The molecular weight excluding hydrogens is 316 g/mol. The number of hydrogen-bond donors (Lipinski definition) is 2. The van der Waals surface area contributed by atoms with E-state index in [0.717, 1.165) is 30.0 Å². The van der Waals surface area contributed by atoms with Gasteiger partial charge in [-0.15, -0.1) is 0 Å². The van der Waals surface area contributed by atoms with Crippen molar-refractivity contribution in [3.05, 3.63) is 71.9 Å². The summed E-state index contributed by atoms with van der Waals surface area (Å²) in [6.45, 7) is 0.726. The predicted molar refractivity (Wildman–Crippen MR) is 102 cm³/mol. The Kier molecular flexibility index (Phi) is 5.96. The zero-order chi connectivity index (χ0) is 16.6. The number of aryl methyl sites for hydroxylation is 1. The van der Waals surface area contributed by atoms with Crippen molar-refractivity contribution in [2.45, 2.75) is 18.6 Å². The third kappa shape index (κ3) is 4.65. The molecule has 0 fully saturated rings. The van der Waals surface area contributed by atoms with Crippen molar-refractivity contribution in [3.63, 3.8) is 0 Å². The summed E-state index contributed by atoms with van der Waals surface area (Å²) in [5.74, 6) is 2.06. The molecule has 0 bridgehead atoms. The van der Waals surface area contributed by atoms with Crippen LogP contribution in [0.5, 0.6) is 0 Å². The fourth-order valence-electron chi connectivity index (χ4n) is 2.70. The van der Waals surface area contributed by atoms with Crippen molar-refractivity contribution >= 4 is 28.6 Å². The highest BCUT2D eigenvalue weighted by atomic mass is 32.2. The molecule has 1 aromatic heterocycles. The molecule has 4 heteroatoms. The van der Waals surface area contributed by atoms with E-state index in [1.54, 1.807) is 0 Å². The molecule has 0 saturated carbocycles. The molecule has 0 spiro atoms. The van der Waals surface area contributed by atoms with Crippen molar-refractivity contribution in [1.29, 1.82) is 0 Å². The minimum absolute atomic E-state index is 0.126. The number of para-hydroxylation sites is 1. The number of nitrogens with one attached hydrogen (secondary N) is 2. The molecular formula is C20H22N2OS. The molecule has 3 rings (SSSR count). The first kappa shape index (κ1) is 16.7. The Morgan fingerprint density at radius 1 is 1.04 bits per heavy atom. The van der Waals surface area contributed by atoms with Gasteiger partial charge >= 0.3 is 0 Å². The van der Waals surface area contributed by atoms with E-state index in [1.807, 2.05) is 36.2 Å². The summed E-state index contributed by atoms with van der Waals surface area (Å²) in [6, 6.07) is 18.6. The average Bonchev–Trinajstić information content (AvgIpc) is 3.04. The quantitative estimate of drug-likeness (QED) is 0.606. The van der Waals surface area contributed by atoms with Crippen LogP contribution in [0.4, 0.5) is 0 Å². The first-order chi connectivity index (χ1) is 11.8. The molecule has 2 N–H and O–H groups in total. The molecule has 124 valence electrons. The van der Waals surface area contributed by atoms with Crippen molar-refractivity contribution < 1.29 is 4.79 Å². The zero-order valence-electron chi connectivity index (χ0n) is 13.6. The van der Waals surface area contributed by atoms with Gasteiger partial charge in [-0.05, 0) is 23.6 Å². The van der Waals surface area contributed by atoms with Gasteiger partial charge in [0.1, 0.15) is 0 Å². The Hall–Kier alpha value is -2.20. The van der Waals surface area contributed by atoms with Crippen LogP contribution in [0, 0.1) is 0 Å². The minimum atomic E-state index is 0.126. The molecule has 0 aliphatic heterocycles. The van der Waals surface area contributed by atoms with E-state index in [9.17, 15) is 4.79 Å². The Balaban J connectivity index is 1.34. The van der Waals surface area contributed by atoms with Crippen molar-refractivity contribution in [2.75, 3.05) is 12.3 Å². The Morgan fingerprint density at radius 2 is 1.83 bits per heavy atom. The zero-order valence-corrected chi connectivity index (χ0v) is 14.4. The minimum Gasteiger partial charge on any atom is -0.361 e. The van der Waals surface area contributed by atoms with Gasteiger partial charge < -0.3 is 10.3 Å². The number of H-pyrrole nitrogens is 1. The summed E-state index contributed by atoms with van der Waals surface area (Å²) in [5.41, 5.74) is 3.66. The lowest BCUT2D eigenvalue weighted by Gasteiger charge is -2.05. The second-order valence-electron chi connectivity index (χ2n) is 5.75. The first-order valence-corrected chi connectivity index (χ1v) is 9.42. The second-order valence-corrected chi connectivity index (χ2v) is 6.85. The van der Waals surface area contributed by atoms with Gasteiger partial charge in [-0.2, -0.15) is 11.8 Å². The topological polar surface area (TPSA) is 44.9 Å². The molecule has 3 aromatic rings. The molecule has 1 heterocycles. The molecule has 0 aliphatic rings. The number of carbonyl (C=O) groups is 1. The van der Waals surface area contributed by atoms with E-state index in [0.29, 0.717) is 6.42 Å². The smallest absolute Gasteiger partial charge is 0.220 e. The van der Waals surface area contributed by atoms with Crippen LogP contribution >= 0.6 is 11.8 Å². The van der Waals surface area contributed by atoms with Gasteiger partial charge in [0, 0.05) is 41.6 Å². The Labute approximate surface area is 146 Å². The highest BCUT2D eigenvalue weighted by Crippen LogP contribution is 2.18. The Morgan fingerprint density at radius 3 is 2.71 bits per heavy atom. The van der Waals surface area contributed by atoms with Crippen LogP contribution < -0.4 is 5.32 Å². The summed E-state index contributed by atoms with van der Waals surface area (Å²) < 4.78 is 0. The lowest BCUT2D eigenvalue weighted by molar-refractivity contribution is -0.120. The van der Waals surface area contributed by atoms with Gasteiger partial charge in [0.05, 0.1) is 0 Å². The van der Waals surface area contributed by atoms with Gasteiger partial charge in [-0.3, -0.25) is 4.79 Å². The number of aromatic amines is 1. The molecule has 24 heavy (non-hydrogen) atoms. The summed E-state index contributed by atoms with van der Waals surface area (Å²) in [4.78, 5) is 15.2.